The Labute approximate surface area is 177 Å². The monoisotopic (exact) mass is 408 g/mol. The Morgan fingerprint density at radius 3 is 2.34 bits per heavy atom. The number of benzene rings is 2. The normalized spacial score (nSPS) is 19.2. The average molecular weight is 409 g/mol. The van der Waals surface area contributed by atoms with Crippen LogP contribution in [0.5, 0.6) is 11.5 Å². The number of nitrogens with one attached hydrogen (secondary N) is 1. The number of nitrogens with zero attached hydrogens (tertiary/aromatic N) is 1. The largest absolute Gasteiger partial charge is 0.497 e. The number of rotatable bonds is 7. The molecule has 3 rings (SSSR count). The van der Waals surface area contributed by atoms with Gasteiger partial charge in [0.25, 0.3) is 0 Å². The van der Waals surface area contributed by atoms with Crippen molar-refractivity contribution >= 4 is 16.9 Å². The van der Waals surface area contributed by atoms with Crippen molar-refractivity contribution in [1.29, 1.82) is 0 Å². The Morgan fingerprint density at radius 1 is 1.07 bits per heavy atom. The molecule has 0 amide bonds. The highest BCUT2D eigenvalue weighted by Crippen LogP contribution is 2.33. The lowest BCUT2D eigenvalue weighted by molar-refractivity contribution is 0.393. The van der Waals surface area contributed by atoms with Gasteiger partial charge in [0.2, 0.25) is 0 Å². The van der Waals surface area contributed by atoms with Crippen molar-refractivity contribution in [2.24, 2.45) is 4.99 Å². The van der Waals surface area contributed by atoms with E-state index in [9.17, 15) is 0 Å². The van der Waals surface area contributed by atoms with Crippen molar-refractivity contribution in [3.63, 3.8) is 0 Å². The summed E-state index contributed by atoms with van der Waals surface area (Å²) in [6.45, 7) is 4.12. The van der Waals surface area contributed by atoms with E-state index in [1.165, 1.54) is 11.1 Å². The van der Waals surface area contributed by atoms with Crippen LogP contribution >= 0.6 is 11.8 Å². The molecule has 0 saturated heterocycles. The molecule has 1 aliphatic rings. The lowest BCUT2D eigenvalue weighted by Crippen LogP contribution is -2.31. The van der Waals surface area contributed by atoms with E-state index in [2.05, 4.69) is 54.7 Å². The van der Waals surface area contributed by atoms with Crippen LogP contribution in [0.25, 0.3) is 0 Å². The standard InChI is InChI=1S/C24H28N2O2S/c1-5-10-18(6-2)22-23(19-11-8-7-9-12-19)26-24(25-22)29-16-17-13-20(27-3)15-21(14-17)28-4/h5-15,22-23H,16H2,1-4H3,(H,25,26)/b10-5-,18-6+/t22-,23+/m0/s1. The van der Waals surface area contributed by atoms with Gasteiger partial charge in [0.05, 0.1) is 20.3 Å². The number of amidine groups is 1. The highest BCUT2D eigenvalue weighted by Gasteiger charge is 2.31. The Bertz CT molecular complexity index is 884. The second kappa shape index (κ2) is 10.2. The van der Waals surface area contributed by atoms with Crippen LogP contribution < -0.4 is 14.8 Å². The zero-order valence-electron chi connectivity index (χ0n) is 17.4. The second-order valence-electron chi connectivity index (χ2n) is 6.71. The molecule has 2 aromatic carbocycles. The minimum atomic E-state index is 0.0564. The Balaban J connectivity index is 1.81. The van der Waals surface area contributed by atoms with Gasteiger partial charge in [-0.05, 0) is 42.7 Å². The number of allylic oxidation sites excluding steroid dienone is 2. The number of aliphatic imine (C=N–C) groups is 1. The molecule has 0 bridgehead atoms. The molecule has 0 saturated carbocycles. The molecule has 0 fully saturated rings. The van der Waals surface area contributed by atoms with Crippen LogP contribution in [-0.4, -0.2) is 25.4 Å². The van der Waals surface area contributed by atoms with Crippen LogP contribution in [0.2, 0.25) is 0 Å². The average Bonchev–Trinajstić information content (AvgIpc) is 3.20. The molecule has 2 atom stereocenters. The van der Waals surface area contributed by atoms with Crippen molar-refractivity contribution in [3.05, 3.63) is 83.5 Å². The Morgan fingerprint density at radius 2 is 1.76 bits per heavy atom. The molecule has 152 valence electrons. The molecule has 0 radical (unpaired) electrons. The molecule has 0 aromatic heterocycles. The van der Waals surface area contributed by atoms with Crippen LogP contribution in [0.1, 0.15) is 31.0 Å². The molecule has 1 aliphatic heterocycles. The van der Waals surface area contributed by atoms with Gasteiger partial charge in [0, 0.05) is 11.8 Å². The lowest BCUT2D eigenvalue weighted by atomic mass is 9.94. The van der Waals surface area contributed by atoms with Gasteiger partial charge in [-0.1, -0.05) is 60.3 Å². The first-order valence-corrected chi connectivity index (χ1v) is 10.7. The zero-order chi connectivity index (χ0) is 20.6. The smallest absolute Gasteiger partial charge is 0.158 e. The van der Waals surface area contributed by atoms with Crippen LogP contribution in [0.3, 0.4) is 0 Å². The minimum Gasteiger partial charge on any atom is -0.497 e. The van der Waals surface area contributed by atoms with E-state index in [-0.39, 0.29) is 12.1 Å². The quantitative estimate of drug-likeness (QED) is 0.612. The maximum Gasteiger partial charge on any atom is 0.158 e. The predicted molar refractivity (Wildman–Crippen MR) is 123 cm³/mol. The molecule has 4 nitrogen and oxygen atoms in total. The summed E-state index contributed by atoms with van der Waals surface area (Å²) in [7, 11) is 3.34. The van der Waals surface area contributed by atoms with Crippen molar-refractivity contribution < 1.29 is 9.47 Å². The number of ether oxygens (including phenoxy) is 2. The van der Waals surface area contributed by atoms with E-state index < -0.39 is 0 Å². The minimum absolute atomic E-state index is 0.0564. The summed E-state index contributed by atoms with van der Waals surface area (Å²) in [6, 6.07) is 16.6. The van der Waals surface area contributed by atoms with Crippen molar-refractivity contribution in [2.75, 3.05) is 14.2 Å². The summed E-state index contributed by atoms with van der Waals surface area (Å²) >= 11 is 1.70. The molecule has 29 heavy (non-hydrogen) atoms. The Kier molecular flexibility index (Phi) is 7.42. The van der Waals surface area contributed by atoms with Gasteiger partial charge >= 0.3 is 0 Å². The summed E-state index contributed by atoms with van der Waals surface area (Å²) in [4.78, 5) is 5.02. The third-order valence-electron chi connectivity index (χ3n) is 4.83. The molecular formula is C24H28N2O2S. The first-order chi connectivity index (χ1) is 14.2. The molecule has 0 unspecified atom stereocenters. The van der Waals surface area contributed by atoms with Gasteiger partial charge in [0.15, 0.2) is 5.17 Å². The molecule has 0 aliphatic carbocycles. The molecule has 1 heterocycles. The second-order valence-corrected chi connectivity index (χ2v) is 7.67. The van der Waals surface area contributed by atoms with Crippen molar-refractivity contribution in [3.8, 4) is 11.5 Å². The van der Waals surface area contributed by atoms with E-state index in [1.54, 1.807) is 26.0 Å². The zero-order valence-corrected chi connectivity index (χ0v) is 18.2. The number of methoxy groups -OCH3 is 2. The molecular weight excluding hydrogens is 380 g/mol. The third-order valence-corrected chi connectivity index (χ3v) is 5.80. The highest BCUT2D eigenvalue weighted by molar-refractivity contribution is 8.13. The lowest BCUT2D eigenvalue weighted by Gasteiger charge is -2.20. The van der Waals surface area contributed by atoms with Crippen molar-refractivity contribution in [2.45, 2.75) is 31.7 Å². The fraction of sp³-hybridized carbons (Fsp3) is 0.292. The van der Waals surface area contributed by atoms with Crippen molar-refractivity contribution in [1.82, 2.24) is 5.32 Å². The third kappa shape index (κ3) is 5.24. The number of hydrogen-bond acceptors (Lipinski definition) is 5. The first-order valence-electron chi connectivity index (χ1n) is 9.71. The van der Waals surface area contributed by atoms with E-state index in [1.807, 2.05) is 31.2 Å². The predicted octanol–water partition coefficient (Wildman–Crippen LogP) is 5.53. The van der Waals surface area contributed by atoms with Crippen LogP contribution in [0, 0.1) is 0 Å². The fourth-order valence-corrected chi connectivity index (χ4v) is 4.25. The number of hydrogen-bond donors (Lipinski definition) is 1. The summed E-state index contributed by atoms with van der Waals surface area (Å²) in [6.07, 6.45) is 6.39. The number of thioether (sulfide) groups is 1. The summed E-state index contributed by atoms with van der Waals surface area (Å²) in [5.41, 5.74) is 3.59. The summed E-state index contributed by atoms with van der Waals surface area (Å²) < 4.78 is 10.8. The van der Waals surface area contributed by atoms with Gasteiger partial charge < -0.3 is 14.8 Å². The van der Waals surface area contributed by atoms with E-state index >= 15 is 0 Å². The van der Waals surface area contributed by atoms with E-state index in [4.69, 9.17) is 14.5 Å². The van der Waals surface area contributed by atoms with Gasteiger partial charge in [-0.15, -0.1) is 0 Å². The topological polar surface area (TPSA) is 42.8 Å². The van der Waals surface area contributed by atoms with Gasteiger partial charge in [-0.2, -0.15) is 0 Å². The summed E-state index contributed by atoms with van der Waals surface area (Å²) in [5.74, 6) is 2.37. The van der Waals surface area contributed by atoms with Gasteiger partial charge in [0.1, 0.15) is 17.5 Å². The van der Waals surface area contributed by atoms with Gasteiger partial charge in [-0.25, -0.2) is 0 Å². The highest BCUT2D eigenvalue weighted by atomic mass is 32.2. The molecule has 5 heteroatoms. The van der Waals surface area contributed by atoms with Crippen LogP contribution in [-0.2, 0) is 5.75 Å². The van der Waals surface area contributed by atoms with Gasteiger partial charge in [-0.3, -0.25) is 4.99 Å². The first kappa shape index (κ1) is 21.1. The maximum atomic E-state index is 5.38. The molecule has 1 N–H and O–H groups in total. The Hall–Kier alpha value is -2.66. The fourth-order valence-electron chi connectivity index (χ4n) is 3.39. The van der Waals surface area contributed by atoms with Crippen LogP contribution in [0.4, 0.5) is 0 Å². The van der Waals surface area contributed by atoms with E-state index in [0.29, 0.717) is 0 Å². The van der Waals surface area contributed by atoms with Crippen LogP contribution in [0.15, 0.2) is 77.3 Å². The van der Waals surface area contributed by atoms with E-state index in [0.717, 1.165) is 28.0 Å². The SMILES string of the molecule is C/C=C\C(=C/C)[C@@H]1NC(SCc2cc(OC)cc(OC)c2)=N[C@@H]1c1ccccc1. The summed E-state index contributed by atoms with van der Waals surface area (Å²) in [5, 5.41) is 4.59. The molecule has 2 aromatic rings. The maximum absolute atomic E-state index is 5.38. The molecule has 0 spiro atoms.